The van der Waals surface area contributed by atoms with Crippen LogP contribution in [-0.4, -0.2) is 9.78 Å². The number of halogens is 1. The normalized spacial score (nSPS) is 10.8. The maximum Gasteiger partial charge on any atom is 0.135 e. The van der Waals surface area contributed by atoms with Gasteiger partial charge in [-0.2, -0.15) is 5.10 Å². The van der Waals surface area contributed by atoms with Crippen LogP contribution in [0.15, 0.2) is 18.2 Å². The van der Waals surface area contributed by atoms with Gasteiger partial charge in [-0.1, -0.05) is 18.2 Å². The molecule has 0 spiro atoms. The second-order valence-electron chi connectivity index (χ2n) is 4.31. The largest absolute Gasteiger partial charge is 0.383 e. The summed E-state index contributed by atoms with van der Waals surface area (Å²) >= 11 is 2.24. The Kier molecular flexibility index (Phi) is 3.42. The van der Waals surface area contributed by atoms with E-state index >= 15 is 0 Å². The van der Waals surface area contributed by atoms with Gasteiger partial charge in [0.15, 0.2) is 0 Å². The van der Waals surface area contributed by atoms with E-state index in [1.165, 1.54) is 16.7 Å². The van der Waals surface area contributed by atoms with E-state index < -0.39 is 0 Å². The molecule has 0 amide bonds. The minimum atomic E-state index is 0.744. The lowest BCUT2D eigenvalue weighted by Crippen LogP contribution is -2.08. The second kappa shape index (κ2) is 4.68. The molecule has 0 aliphatic carbocycles. The smallest absolute Gasteiger partial charge is 0.135 e. The first-order valence-corrected chi connectivity index (χ1v) is 6.62. The summed E-state index contributed by atoms with van der Waals surface area (Å²) in [5.41, 5.74) is 10.9. The lowest BCUT2D eigenvalue weighted by atomic mass is 10.0. The quantitative estimate of drug-likeness (QED) is 0.854. The minimum Gasteiger partial charge on any atom is -0.383 e. The lowest BCUT2D eigenvalue weighted by molar-refractivity contribution is 0.683. The number of hydrogen-bond acceptors (Lipinski definition) is 2. The third kappa shape index (κ3) is 2.31. The number of benzene rings is 1. The Morgan fingerprint density at radius 3 is 2.29 bits per heavy atom. The molecule has 0 fully saturated rings. The molecule has 0 unspecified atom stereocenters. The maximum absolute atomic E-state index is 6.04. The van der Waals surface area contributed by atoms with Crippen molar-refractivity contribution in [2.24, 2.45) is 0 Å². The lowest BCUT2D eigenvalue weighted by Gasteiger charge is -2.10. The van der Waals surface area contributed by atoms with Gasteiger partial charge in [0.05, 0.1) is 15.8 Å². The van der Waals surface area contributed by atoms with E-state index in [9.17, 15) is 0 Å². The van der Waals surface area contributed by atoms with E-state index in [1.807, 2.05) is 11.6 Å². The molecule has 0 saturated carbocycles. The highest BCUT2D eigenvalue weighted by Crippen LogP contribution is 2.21. The Balaban J connectivity index is 2.41. The van der Waals surface area contributed by atoms with E-state index in [0.29, 0.717) is 0 Å². The predicted molar refractivity (Wildman–Crippen MR) is 79.1 cm³/mol. The number of nitrogen functional groups attached to an aromatic ring is 1. The van der Waals surface area contributed by atoms with Gasteiger partial charge in [0.25, 0.3) is 0 Å². The predicted octanol–water partition coefficient (Wildman–Crippen LogP) is 3.04. The van der Waals surface area contributed by atoms with Gasteiger partial charge in [0.1, 0.15) is 5.82 Å². The highest BCUT2D eigenvalue weighted by Gasteiger charge is 2.11. The van der Waals surface area contributed by atoms with Crippen LogP contribution in [-0.2, 0) is 6.54 Å². The van der Waals surface area contributed by atoms with Crippen LogP contribution in [0, 0.1) is 24.3 Å². The van der Waals surface area contributed by atoms with E-state index in [4.69, 9.17) is 5.73 Å². The van der Waals surface area contributed by atoms with Crippen molar-refractivity contribution in [1.82, 2.24) is 9.78 Å². The molecule has 3 nitrogen and oxygen atoms in total. The second-order valence-corrected chi connectivity index (χ2v) is 5.39. The van der Waals surface area contributed by atoms with Crippen LogP contribution >= 0.6 is 22.6 Å². The van der Waals surface area contributed by atoms with Crippen molar-refractivity contribution in [3.8, 4) is 0 Å². The summed E-state index contributed by atoms with van der Waals surface area (Å²) in [4.78, 5) is 0. The Hall–Kier alpha value is -1.04. The van der Waals surface area contributed by atoms with Crippen molar-refractivity contribution in [1.29, 1.82) is 0 Å². The van der Waals surface area contributed by atoms with Crippen molar-refractivity contribution in [2.75, 3.05) is 5.73 Å². The SMILES string of the molecule is Cc1cccc(C)c1Cn1nc(C)c(I)c1N. The Labute approximate surface area is 115 Å². The Bertz CT molecular complexity index is 538. The zero-order valence-corrected chi connectivity index (χ0v) is 12.4. The molecule has 0 aliphatic heterocycles. The fourth-order valence-electron chi connectivity index (χ4n) is 1.95. The van der Waals surface area contributed by atoms with Gasteiger partial charge in [0, 0.05) is 0 Å². The summed E-state index contributed by atoms with van der Waals surface area (Å²) in [6, 6.07) is 6.33. The Morgan fingerprint density at radius 1 is 1.24 bits per heavy atom. The van der Waals surface area contributed by atoms with Gasteiger partial charge in [0.2, 0.25) is 0 Å². The van der Waals surface area contributed by atoms with Gasteiger partial charge < -0.3 is 5.73 Å². The molecular weight excluding hydrogens is 325 g/mol. The molecular formula is C13H16IN3. The Morgan fingerprint density at radius 2 is 1.82 bits per heavy atom. The number of nitrogens with two attached hydrogens (primary N) is 1. The number of rotatable bonds is 2. The molecule has 1 heterocycles. The van der Waals surface area contributed by atoms with Gasteiger partial charge in [-0.25, -0.2) is 4.68 Å². The average Bonchev–Trinajstić information content (AvgIpc) is 2.52. The first-order chi connectivity index (χ1) is 8.00. The number of nitrogens with zero attached hydrogens (tertiary/aromatic N) is 2. The van der Waals surface area contributed by atoms with Gasteiger partial charge in [-0.05, 0) is 60.1 Å². The van der Waals surface area contributed by atoms with Crippen LogP contribution in [0.4, 0.5) is 5.82 Å². The monoisotopic (exact) mass is 341 g/mol. The average molecular weight is 341 g/mol. The van der Waals surface area contributed by atoms with E-state index in [-0.39, 0.29) is 0 Å². The molecule has 4 heteroatoms. The number of aromatic nitrogens is 2. The molecule has 1 aromatic carbocycles. The molecule has 17 heavy (non-hydrogen) atoms. The van der Waals surface area contributed by atoms with Crippen molar-refractivity contribution >= 4 is 28.4 Å². The molecule has 0 bridgehead atoms. The summed E-state index contributed by atoms with van der Waals surface area (Å²) in [7, 11) is 0. The highest BCUT2D eigenvalue weighted by molar-refractivity contribution is 14.1. The van der Waals surface area contributed by atoms with Gasteiger partial charge in [-0.15, -0.1) is 0 Å². The van der Waals surface area contributed by atoms with E-state index in [0.717, 1.165) is 21.6 Å². The molecule has 0 aliphatic rings. The van der Waals surface area contributed by atoms with Crippen LogP contribution in [0.3, 0.4) is 0 Å². The molecule has 0 radical (unpaired) electrons. The summed E-state index contributed by atoms with van der Waals surface area (Å²) in [5.74, 6) is 0.755. The molecule has 0 saturated heterocycles. The van der Waals surface area contributed by atoms with Crippen LogP contribution in [0.5, 0.6) is 0 Å². The third-order valence-corrected chi connectivity index (χ3v) is 4.38. The third-order valence-electron chi connectivity index (χ3n) is 3.04. The van der Waals surface area contributed by atoms with Crippen molar-refractivity contribution < 1.29 is 0 Å². The van der Waals surface area contributed by atoms with Crippen LogP contribution in [0.25, 0.3) is 0 Å². The topological polar surface area (TPSA) is 43.8 Å². The highest BCUT2D eigenvalue weighted by atomic mass is 127. The van der Waals surface area contributed by atoms with Crippen molar-refractivity contribution in [3.63, 3.8) is 0 Å². The summed E-state index contributed by atoms with van der Waals surface area (Å²) in [6.07, 6.45) is 0. The molecule has 2 N–H and O–H groups in total. The van der Waals surface area contributed by atoms with Gasteiger partial charge >= 0.3 is 0 Å². The van der Waals surface area contributed by atoms with Crippen LogP contribution in [0.2, 0.25) is 0 Å². The van der Waals surface area contributed by atoms with Crippen molar-refractivity contribution in [3.05, 3.63) is 44.2 Å². The van der Waals surface area contributed by atoms with E-state index in [2.05, 4.69) is 59.7 Å². The van der Waals surface area contributed by atoms with Gasteiger partial charge in [-0.3, -0.25) is 0 Å². The fraction of sp³-hybridized carbons (Fsp3) is 0.308. The van der Waals surface area contributed by atoms with Crippen LogP contribution in [0.1, 0.15) is 22.4 Å². The maximum atomic E-state index is 6.04. The number of hydrogen-bond donors (Lipinski definition) is 1. The first-order valence-electron chi connectivity index (χ1n) is 5.54. The summed E-state index contributed by atoms with van der Waals surface area (Å²) in [5, 5.41) is 4.47. The first kappa shape index (κ1) is 12.4. The summed E-state index contributed by atoms with van der Waals surface area (Å²) in [6.45, 7) is 6.98. The van der Waals surface area contributed by atoms with E-state index in [1.54, 1.807) is 0 Å². The molecule has 2 rings (SSSR count). The number of aryl methyl sites for hydroxylation is 3. The number of anilines is 1. The fourth-order valence-corrected chi connectivity index (χ4v) is 2.33. The molecule has 90 valence electrons. The minimum absolute atomic E-state index is 0.744. The molecule has 2 aromatic rings. The van der Waals surface area contributed by atoms with Crippen LogP contribution < -0.4 is 5.73 Å². The molecule has 0 atom stereocenters. The zero-order chi connectivity index (χ0) is 12.6. The summed E-state index contributed by atoms with van der Waals surface area (Å²) < 4.78 is 2.93. The van der Waals surface area contributed by atoms with Crippen molar-refractivity contribution in [2.45, 2.75) is 27.3 Å². The zero-order valence-electron chi connectivity index (χ0n) is 10.3. The standard InChI is InChI=1S/C13H16IN3/c1-8-5-4-6-9(2)11(8)7-17-13(15)12(14)10(3)16-17/h4-6H,7,15H2,1-3H3. The molecule has 1 aromatic heterocycles.